The minimum atomic E-state index is 0.0862. The van der Waals surface area contributed by atoms with Crippen LogP contribution in [0.3, 0.4) is 0 Å². The van der Waals surface area contributed by atoms with Gasteiger partial charge in [0.2, 0.25) is 0 Å². The molecule has 2 aliphatic heterocycles. The molecular weight excluding hydrogens is 168 g/mol. The minimum absolute atomic E-state index is 0.0862. The van der Waals surface area contributed by atoms with Crippen LogP contribution >= 0.6 is 0 Å². The van der Waals surface area contributed by atoms with Gasteiger partial charge >= 0.3 is 0 Å². The largest absolute Gasteiger partial charge is 0.360 e. The molecule has 1 fully saturated rings. The van der Waals surface area contributed by atoms with E-state index in [-0.39, 0.29) is 12.5 Å². The first-order valence-electron chi connectivity index (χ1n) is 4.87. The second-order valence-corrected chi connectivity index (χ2v) is 3.43. The van der Waals surface area contributed by atoms with Gasteiger partial charge in [-0.2, -0.15) is 5.10 Å². The van der Waals surface area contributed by atoms with Gasteiger partial charge in [-0.05, 0) is 19.3 Å². The second kappa shape index (κ2) is 4.07. The van der Waals surface area contributed by atoms with Gasteiger partial charge in [0.05, 0.1) is 0 Å². The van der Waals surface area contributed by atoms with Gasteiger partial charge in [-0.1, -0.05) is 0 Å². The van der Waals surface area contributed by atoms with Gasteiger partial charge < -0.3 is 9.47 Å². The monoisotopic (exact) mass is 184 g/mol. The fourth-order valence-corrected chi connectivity index (χ4v) is 1.81. The van der Waals surface area contributed by atoms with Gasteiger partial charge in [0.15, 0.2) is 6.23 Å². The molecule has 4 nitrogen and oxygen atoms in total. The third-order valence-corrected chi connectivity index (χ3v) is 2.54. The van der Waals surface area contributed by atoms with E-state index in [0.717, 1.165) is 19.4 Å². The Hall–Kier alpha value is -0.610. The van der Waals surface area contributed by atoms with Crippen molar-refractivity contribution in [1.82, 2.24) is 5.01 Å². The van der Waals surface area contributed by atoms with E-state index < -0.39 is 0 Å². The first-order valence-corrected chi connectivity index (χ1v) is 4.87. The molecule has 0 bridgehead atoms. The number of hydrogen-bond donors (Lipinski definition) is 0. The van der Waals surface area contributed by atoms with E-state index in [9.17, 15) is 0 Å². The van der Waals surface area contributed by atoms with Gasteiger partial charge in [0, 0.05) is 26.4 Å². The van der Waals surface area contributed by atoms with Crippen LogP contribution in [0.5, 0.6) is 0 Å². The van der Waals surface area contributed by atoms with Crippen molar-refractivity contribution in [3.05, 3.63) is 0 Å². The highest BCUT2D eigenvalue weighted by atomic mass is 16.5. The maximum Gasteiger partial charge on any atom is 0.153 e. The summed E-state index contributed by atoms with van der Waals surface area (Å²) in [5.41, 5.74) is 0. The zero-order chi connectivity index (χ0) is 9.10. The van der Waals surface area contributed by atoms with Crippen molar-refractivity contribution in [3.8, 4) is 0 Å². The molecule has 0 amide bonds. The Morgan fingerprint density at radius 1 is 1.54 bits per heavy atom. The molecule has 13 heavy (non-hydrogen) atoms. The predicted octanol–water partition coefficient (Wildman–Crippen LogP) is 1.18. The van der Waals surface area contributed by atoms with Crippen molar-refractivity contribution in [1.29, 1.82) is 0 Å². The third kappa shape index (κ3) is 1.84. The fraction of sp³-hybridized carbons (Fsp3) is 0.889. The fourth-order valence-electron chi connectivity index (χ4n) is 1.81. The maximum atomic E-state index is 5.63. The molecule has 0 N–H and O–H groups in total. The van der Waals surface area contributed by atoms with Crippen LogP contribution in [-0.4, -0.2) is 37.4 Å². The average molecular weight is 184 g/mol. The molecule has 0 spiro atoms. The van der Waals surface area contributed by atoms with E-state index in [1.165, 1.54) is 12.8 Å². The molecule has 0 aromatic rings. The third-order valence-electron chi connectivity index (χ3n) is 2.54. The van der Waals surface area contributed by atoms with Crippen LogP contribution in [0, 0.1) is 0 Å². The van der Waals surface area contributed by atoms with E-state index in [0.29, 0.717) is 0 Å². The number of nitrogens with zero attached hydrogens (tertiary/aromatic N) is 2. The summed E-state index contributed by atoms with van der Waals surface area (Å²) in [6, 6.07) is 0. The Morgan fingerprint density at radius 2 is 2.46 bits per heavy atom. The molecule has 2 heterocycles. The highest BCUT2D eigenvalue weighted by Crippen LogP contribution is 2.23. The number of hydrogen-bond acceptors (Lipinski definition) is 4. The van der Waals surface area contributed by atoms with E-state index >= 15 is 0 Å². The van der Waals surface area contributed by atoms with Crippen molar-refractivity contribution in [2.24, 2.45) is 5.10 Å². The standard InChI is InChI=1S/C9H16N2O2/c1-12-8-5-6-10-11(8)9-4-2-3-7-13-9/h6,8-9H,2-5,7H2,1H3. The molecule has 74 valence electrons. The van der Waals surface area contributed by atoms with Gasteiger partial charge in [-0.25, -0.2) is 5.01 Å². The molecule has 0 saturated carbocycles. The second-order valence-electron chi connectivity index (χ2n) is 3.43. The molecule has 1 saturated heterocycles. The van der Waals surface area contributed by atoms with Crippen LogP contribution in [0.25, 0.3) is 0 Å². The Bertz CT molecular complexity index is 190. The van der Waals surface area contributed by atoms with Crippen LogP contribution in [0.2, 0.25) is 0 Å². The van der Waals surface area contributed by atoms with Crippen LogP contribution < -0.4 is 0 Å². The first kappa shape index (κ1) is 8.97. The number of hydrazone groups is 1. The normalized spacial score (nSPS) is 34.1. The summed E-state index contributed by atoms with van der Waals surface area (Å²) in [4.78, 5) is 0. The van der Waals surface area contributed by atoms with Gasteiger partial charge in [-0.15, -0.1) is 0 Å². The molecule has 2 unspecified atom stereocenters. The number of ether oxygens (including phenoxy) is 2. The summed E-state index contributed by atoms with van der Waals surface area (Å²) >= 11 is 0. The highest BCUT2D eigenvalue weighted by molar-refractivity contribution is 5.59. The van der Waals surface area contributed by atoms with Crippen molar-refractivity contribution in [2.75, 3.05) is 13.7 Å². The minimum Gasteiger partial charge on any atom is -0.360 e. The smallest absolute Gasteiger partial charge is 0.153 e. The van der Waals surface area contributed by atoms with Crippen LogP contribution in [0.4, 0.5) is 0 Å². The van der Waals surface area contributed by atoms with Crippen molar-refractivity contribution >= 4 is 6.21 Å². The van der Waals surface area contributed by atoms with E-state index in [4.69, 9.17) is 9.47 Å². The lowest BCUT2D eigenvalue weighted by molar-refractivity contribution is -0.148. The predicted molar refractivity (Wildman–Crippen MR) is 49.3 cm³/mol. The lowest BCUT2D eigenvalue weighted by Gasteiger charge is -2.33. The van der Waals surface area contributed by atoms with Crippen LogP contribution in [0.15, 0.2) is 5.10 Å². The Balaban J connectivity index is 1.93. The van der Waals surface area contributed by atoms with Crippen molar-refractivity contribution < 1.29 is 9.47 Å². The molecule has 0 aromatic carbocycles. The van der Waals surface area contributed by atoms with Crippen molar-refractivity contribution in [2.45, 2.75) is 38.1 Å². The lowest BCUT2D eigenvalue weighted by Crippen LogP contribution is -2.40. The summed E-state index contributed by atoms with van der Waals surface area (Å²) in [7, 11) is 1.72. The Labute approximate surface area is 78.5 Å². The van der Waals surface area contributed by atoms with Crippen molar-refractivity contribution in [3.63, 3.8) is 0 Å². The van der Waals surface area contributed by atoms with Gasteiger partial charge in [-0.3, -0.25) is 0 Å². The molecule has 2 rings (SSSR count). The van der Waals surface area contributed by atoms with Crippen LogP contribution in [-0.2, 0) is 9.47 Å². The number of methoxy groups -OCH3 is 1. The van der Waals surface area contributed by atoms with E-state index in [1.807, 2.05) is 11.2 Å². The molecule has 2 aliphatic rings. The molecular formula is C9H16N2O2. The van der Waals surface area contributed by atoms with Crippen LogP contribution in [0.1, 0.15) is 25.7 Å². The molecule has 0 aliphatic carbocycles. The lowest BCUT2D eigenvalue weighted by atomic mass is 10.2. The summed E-state index contributed by atoms with van der Waals surface area (Å²) in [6.07, 6.45) is 6.46. The summed E-state index contributed by atoms with van der Waals surface area (Å²) in [6.45, 7) is 0.854. The van der Waals surface area contributed by atoms with E-state index in [2.05, 4.69) is 5.10 Å². The average Bonchev–Trinajstić information content (AvgIpc) is 2.67. The zero-order valence-corrected chi connectivity index (χ0v) is 7.98. The Morgan fingerprint density at radius 3 is 3.15 bits per heavy atom. The van der Waals surface area contributed by atoms with Gasteiger partial charge in [0.1, 0.15) is 6.23 Å². The van der Waals surface area contributed by atoms with Gasteiger partial charge in [0.25, 0.3) is 0 Å². The molecule has 0 aromatic heterocycles. The van der Waals surface area contributed by atoms with E-state index in [1.54, 1.807) is 7.11 Å². The first-order chi connectivity index (χ1) is 6.42. The molecule has 4 heteroatoms. The number of rotatable bonds is 2. The maximum absolute atomic E-state index is 5.63. The zero-order valence-electron chi connectivity index (χ0n) is 7.98. The summed E-state index contributed by atoms with van der Waals surface area (Å²) < 4.78 is 10.9. The SMILES string of the molecule is COC1CC=NN1C1CCCCO1. The topological polar surface area (TPSA) is 34.1 Å². The summed E-state index contributed by atoms with van der Waals surface area (Å²) in [5.74, 6) is 0. The quantitative estimate of drug-likeness (QED) is 0.646. The summed E-state index contributed by atoms with van der Waals surface area (Å²) in [5, 5.41) is 6.21. The molecule has 2 atom stereocenters. The highest BCUT2D eigenvalue weighted by Gasteiger charge is 2.29. The molecule has 0 radical (unpaired) electrons. The Kier molecular flexibility index (Phi) is 2.80.